The van der Waals surface area contributed by atoms with Crippen LogP contribution >= 0.6 is 27.7 Å². The maximum atomic E-state index is 15.1. The zero-order valence-electron chi connectivity index (χ0n) is 22.2. The lowest BCUT2D eigenvalue weighted by molar-refractivity contribution is -0.137. The van der Waals surface area contributed by atoms with Gasteiger partial charge in [0.05, 0.1) is 17.3 Å². The van der Waals surface area contributed by atoms with Gasteiger partial charge in [-0.25, -0.2) is 4.39 Å². The third kappa shape index (κ3) is 5.93. The predicted octanol–water partition coefficient (Wildman–Crippen LogP) is 5.80. The molecule has 0 radical (unpaired) electrons. The fraction of sp³-hybridized carbons (Fsp3) is 0.267. The molecule has 2 aliphatic heterocycles. The summed E-state index contributed by atoms with van der Waals surface area (Å²) >= 11 is 5.16. The highest BCUT2D eigenvalue weighted by Gasteiger charge is 2.31. The highest BCUT2D eigenvalue weighted by molar-refractivity contribution is 9.10. The summed E-state index contributed by atoms with van der Waals surface area (Å²) in [5, 5.41) is 19.2. The number of benzene rings is 3. The summed E-state index contributed by atoms with van der Waals surface area (Å²) in [5.74, 6) is -0.0333. The Morgan fingerprint density at radius 3 is 2.49 bits per heavy atom. The molecule has 41 heavy (non-hydrogen) atoms. The van der Waals surface area contributed by atoms with Crippen molar-refractivity contribution in [1.82, 2.24) is 19.7 Å². The van der Waals surface area contributed by atoms with E-state index in [0.717, 1.165) is 47.8 Å². The van der Waals surface area contributed by atoms with Gasteiger partial charge in [0, 0.05) is 53.9 Å². The molecule has 2 aliphatic rings. The number of fused-ring (bicyclic) bond motifs is 3. The van der Waals surface area contributed by atoms with Crippen LogP contribution in [0.15, 0.2) is 87.4 Å². The molecule has 0 spiro atoms. The zero-order valence-corrected chi connectivity index (χ0v) is 24.6. The average molecular weight is 636 g/mol. The molecule has 0 amide bonds. The van der Waals surface area contributed by atoms with Gasteiger partial charge < -0.3 is 10.0 Å². The molecular formula is C30H28BrFN6O2S. The zero-order chi connectivity index (χ0) is 28.3. The van der Waals surface area contributed by atoms with Crippen molar-refractivity contribution in [2.75, 3.05) is 37.0 Å². The highest BCUT2D eigenvalue weighted by atomic mass is 79.9. The number of carboxylic acid groups (broad SMARTS) is 1. The van der Waals surface area contributed by atoms with Gasteiger partial charge in [0.15, 0.2) is 11.0 Å². The first-order chi connectivity index (χ1) is 20.0. The number of rotatable bonds is 8. The summed E-state index contributed by atoms with van der Waals surface area (Å²) in [5.41, 5.74) is 3.57. The van der Waals surface area contributed by atoms with Crippen molar-refractivity contribution < 1.29 is 14.3 Å². The monoisotopic (exact) mass is 634 g/mol. The van der Waals surface area contributed by atoms with Gasteiger partial charge in [-0.3, -0.25) is 19.3 Å². The van der Waals surface area contributed by atoms with Crippen LogP contribution in [0.3, 0.4) is 0 Å². The number of anilines is 1. The van der Waals surface area contributed by atoms with Crippen LogP contribution in [0, 0.1) is 5.82 Å². The SMILES string of the molecule is O=C(O)CC[C@@H]1N=C(c2ccccc2F)c2cc(Br)ccc2-n2c(SCN3CCN(c4ccccc4)CC3)nnc21. The molecule has 0 aliphatic carbocycles. The number of carboxylic acids is 1. The average Bonchev–Trinajstić information content (AvgIpc) is 3.35. The Morgan fingerprint density at radius 2 is 1.73 bits per heavy atom. The Kier molecular flexibility index (Phi) is 8.18. The number of aliphatic imine (C=N–C) groups is 1. The van der Waals surface area contributed by atoms with Crippen molar-refractivity contribution in [2.45, 2.75) is 24.0 Å². The molecule has 8 nitrogen and oxygen atoms in total. The first-order valence-electron chi connectivity index (χ1n) is 13.4. The lowest BCUT2D eigenvalue weighted by atomic mass is 10.00. The number of carbonyl (C=O) groups is 1. The van der Waals surface area contributed by atoms with E-state index in [1.807, 2.05) is 28.8 Å². The van der Waals surface area contributed by atoms with E-state index in [9.17, 15) is 9.90 Å². The van der Waals surface area contributed by atoms with Gasteiger partial charge in [-0.2, -0.15) is 0 Å². The molecule has 1 fully saturated rings. The van der Waals surface area contributed by atoms with Gasteiger partial charge in [-0.15, -0.1) is 10.2 Å². The molecule has 0 saturated carbocycles. The van der Waals surface area contributed by atoms with Gasteiger partial charge in [-0.1, -0.05) is 58.0 Å². The number of aliphatic carboxylic acids is 1. The molecule has 1 aromatic heterocycles. The number of aromatic nitrogens is 3. The van der Waals surface area contributed by atoms with Crippen molar-refractivity contribution in [3.05, 3.63) is 100 Å². The number of thioether (sulfide) groups is 1. The minimum Gasteiger partial charge on any atom is -0.481 e. The van der Waals surface area contributed by atoms with E-state index in [4.69, 9.17) is 4.99 Å². The first kappa shape index (κ1) is 27.6. The van der Waals surface area contributed by atoms with Gasteiger partial charge in [0.25, 0.3) is 0 Å². The Hall–Kier alpha value is -3.54. The normalized spacial score (nSPS) is 17.0. The van der Waals surface area contributed by atoms with Crippen LogP contribution in [0.25, 0.3) is 5.69 Å². The molecule has 11 heteroatoms. The third-order valence-electron chi connectivity index (χ3n) is 7.33. The second-order valence-corrected chi connectivity index (χ2v) is 11.8. The first-order valence-corrected chi connectivity index (χ1v) is 15.2. The lowest BCUT2D eigenvalue weighted by Crippen LogP contribution is -2.46. The fourth-order valence-electron chi connectivity index (χ4n) is 5.24. The van der Waals surface area contributed by atoms with E-state index < -0.39 is 17.8 Å². The minimum absolute atomic E-state index is 0.0974. The van der Waals surface area contributed by atoms with Crippen molar-refractivity contribution in [1.29, 1.82) is 0 Å². The Balaban J connectivity index is 1.31. The summed E-state index contributed by atoms with van der Waals surface area (Å²) in [6.07, 6.45) is 0.118. The summed E-state index contributed by atoms with van der Waals surface area (Å²) < 4.78 is 17.9. The minimum atomic E-state index is -0.924. The van der Waals surface area contributed by atoms with Crippen LogP contribution in [0.2, 0.25) is 0 Å². The number of piperazine rings is 1. The number of nitrogens with zero attached hydrogens (tertiary/aromatic N) is 6. The van der Waals surface area contributed by atoms with Gasteiger partial charge in [0.1, 0.15) is 11.9 Å². The van der Waals surface area contributed by atoms with E-state index in [1.54, 1.807) is 30.0 Å². The molecule has 4 aromatic rings. The number of halogens is 2. The van der Waals surface area contributed by atoms with Crippen LogP contribution in [0.1, 0.15) is 35.8 Å². The van der Waals surface area contributed by atoms with Crippen molar-refractivity contribution in [3.8, 4) is 5.69 Å². The van der Waals surface area contributed by atoms with Gasteiger partial charge >= 0.3 is 5.97 Å². The van der Waals surface area contributed by atoms with E-state index in [-0.39, 0.29) is 12.8 Å². The highest BCUT2D eigenvalue weighted by Crippen LogP contribution is 2.37. The smallest absolute Gasteiger partial charge is 0.303 e. The van der Waals surface area contributed by atoms with E-state index in [0.29, 0.717) is 22.3 Å². The number of hydrogen-bond acceptors (Lipinski definition) is 7. The second-order valence-electron chi connectivity index (χ2n) is 9.96. The van der Waals surface area contributed by atoms with Crippen LogP contribution in [0.4, 0.5) is 10.1 Å². The summed E-state index contributed by atoms with van der Waals surface area (Å²) in [6, 6.07) is 22.2. The Bertz CT molecular complexity index is 1590. The summed E-state index contributed by atoms with van der Waals surface area (Å²) in [6.45, 7) is 3.73. The molecule has 210 valence electrons. The molecule has 6 rings (SSSR count). The Labute approximate surface area is 250 Å². The number of para-hydroxylation sites is 1. The van der Waals surface area contributed by atoms with Crippen LogP contribution < -0.4 is 4.90 Å². The van der Waals surface area contributed by atoms with Crippen LogP contribution in [0.5, 0.6) is 0 Å². The van der Waals surface area contributed by atoms with Crippen LogP contribution in [-0.2, 0) is 4.79 Å². The van der Waals surface area contributed by atoms with Crippen molar-refractivity contribution >= 4 is 45.1 Å². The number of hydrogen-bond donors (Lipinski definition) is 1. The molecule has 0 unspecified atom stereocenters. The molecule has 3 heterocycles. The molecule has 1 saturated heterocycles. The van der Waals surface area contributed by atoms with Crippen LogP contribution in [-0.4, -0.2) is 68.5 Å². The molecule has 3 aromatic carbocycles. The van der Waals surface area contributed by atoms with Gasteiger partial charge in [0.2, 0.25) is 0 Å². The topological polar surface area (TPSA) is 86.9 Å². The fourth-order valence-corrected chi connectivity index (χ4v) is 6.57. The van der Waals surface area contributed by atoms with Gasteiger partial charge in [-0.05, 0) is 48.9 Å². The maximum absolute atomic E-state index is 15.1. The third-order valence-corrected chi connectivity index (χ3v) is 8.84. The quantitative estimate of drug-likeness (QED) is 0.245. The molecule has 0 bridgehead atoms. The predicted molar refractivity (Wildman–Crippen MR) is 162 cm³/mol. The van der Waals surface area contributed by atoms with E-state index in [1.165, 1.54) is 11.8 Å². The molecule has 1 atom stereocenters. The molecular weight excluding hydrogens is 607 g/mol. The maximum Gasteiger partial charge on any atom is 0.303 e. The largest absolute Gasteiger partial charge is 0.481 e. The lowest BCUT2D eigenvalue weighted by Gasteiger charge is -2.35. The van der Waals surface area contributed by atoms with Crippen molar-refractivity contribution in [2.24, 2.45) is 4.99 Å². The van der Waals surface area contributed by atoms with E-state index >= 15 is 4.39 Å². The standard InChI is InChI=1S/C30H28BrFN6O2S/c31-20-10-12-26-23(18-20)28(22-8-4-5-9-24(22)32)33-25(11-13-27(39)40)29-34-35-30(38(26)29)41-19-36-14-16-37(17-15-36)21-6-2-1-3-7-21/h1-10,12,18,25H,11,13-17,19H2,(H,39,40)/t25-/m0/s1. The second kappa shape index (κ2) is 12.1. The van der Waals surface area contributed by atoms with Crippen molar-refractivity contribution in [3.63, 3.8) is 0 Å². The Morgan fingerprint density at radius 1 is 0.976 bits per heavy atom. The molecule has 1 N–H and O–H groups in total. The summed E-state index contributed by atoms with van der Waals surface area (Å²) in [4.78, 5) is 21.3. The summed E-state index contributed by atoms with van der Waals surface area (Å²) in [7, 11) is 0. The van der Waals surface area contributed by atoms with E-state index in [2.05, 4.69) is 60.2 Å².